The standard InChI is InChI=1S/C18H16ClF4N5O/c1-11-16(19)17(18(21,22)23)26-28(11)7-6-15(29)25-14-8-24-27(10-14)9-12-2-4-13(20)5-3-12/h2-5,8,10H,6-7,9H2,1H3,(H,25,29). The van der Waals surface area contributed by atoms with Crippen molar-refractivity contribution in [3.05, 3.63) is 64.5 Å². The van der Waals surface area contributed by atoms with Crippen LogP contribution in [0.1, 0.15) is 23.4 Å². The molecule has 0 atom stereocenters. The number of halogens is 5. The molecule has 0 bridgehead atoms. The van der Waals surface area contributed by atoms with Crippen LogP contribution in [0.4, 0.5) is 23.2 Å². The monoisotopic (exact) mass is 429 g/mol. The maximum absolute atomic E-state index is 12.9. The molecule has 2 heterocycles. The number of hydrogen-bond acceptors (Lipinski definition) is 3. The molecule has 0 radical (unpaired) electrons. The van der Waals surface area contributed by atoms with Gasteiger partial charge in [-0.15, -0.1) is 0 Å². The highest BCUT2D eigenvalue weighted by Crippen LogP contribution is 2.35. The molecule has 3 aromatic rings. The maximum atomic E-state index is 12.9. The number of nitrogens with zero attached hydrogens (tertiary/aromatic N) is 4. The summed E-state index contributed by atoms with van der Waals surface area (Å²) in [5, 5.41) is 9.71. The van der Waals surface area contributed by atoms with E-state index in [0.29, 0.717) is 12.2 Å². The smallest absolute Gasteiger partial charge is 0.323 e. The Morgan fingerprint density at radius 2 is 1.93 bits per heavy atom. The molecular weight excluding hydrogens is 414 g/mol. The van der Waals surface area contributed by atoms with Gasteiger partial charge in [0, 0.05) is 12.6 Å². The molecule has 0 aliphatic rings. The van der Waals surface area contributed by atoms with Crippen LogP contribution in [0, 0.1) is 12.7 Å². The number of carbonyl (C=O) groups is 1. The number of rotatable bonds is 6. The van der Waals surface area contributed by atoms with E-state index in [4.69, 9.17) is 11.6 Å². The first-order valence-corrected chi connectivity index (χ1v) is 8.88. The number of alkyl halides is 3. The number of hydrogen-bond donors (Lipinski definition) is 1. The molecule has 1 aromatic carbocycles. The van der Waals surface area contributed by atoms with Crippen molar-refractivity contribution in [3.63, 3.8) is 0 Å². The van der Waals surface area contributed by atoms with Gasteiger partial charge >= 0.3 is 6.18 Å². The minimum atomic E-state index is -4.66. The van der Waals surface area contributed by atoms with Crippen LogP contribution in [0.3, 0.4) is 0 Å². The molecule has 0 aliphatic carbocycles. The van der Waals surface area contributed by atoms with Gasteiger partial charge in [0.1, 0.15) is 5.82 Å². The minimum Gasteiger partial charge on any atom is -0.323 e. The summed E-state index contributed by atoms with van der Waals surface area (Å²) in [4.78, 5) is 12.1. The van der Waals surface area contributed by atoms with Crippen LogP contribution >= 0.6 is 11.6 Å². The first kappa shape index (κ1) is 20.8. The second-order valence-electron chi connectivity index (χ2n) is 6.32. The van der Waals surface area contributed by atoms with E-state index in [0.717, 1.165) is 10.2 Å². The van der Waals surface area contributed by atoms with Crippen molar-refractivity contribution >= 4 is 23.2 Å². The number of amides is 1. The van der Waals surface area contributed by atoms with E-state index in [1.54, 1.807) is 23.0 Å². The average Bonchev–Trinajstić information content (AvgIpc) is 3.20. The van der Waals surface area contributed by atoms with Crippen LogP contribution < -0.4 is 5.32 Å². The maximum Gasteiger partial charge on any atom is 0.436 e. The summed E-state index contributed by atoms with van der Waals surface area (Å²) in [5.74, 6) is -0.746. The Balaban J connectivity index is 1.56. The van der Waals surface area contributed by atoms with Gasteiger partial charge in [0.25, 0.3) is 0 Å². The Bertz CT molecular complexity index is 1010. The highest BCUT2D eigenvalue weighted by Gasteiger charge is 2.38. The third kappa shape index (κ3) is 5.14. The van der Waals surface area contributed by atoms with Crippen LogP contribution in [0.2, 0.25) is 5.02 Å². The van der Waals surface area contributed by atoms with Crippen molar-refractivity contribution in [1.29, 1.82) is 0 Å². The Morgan fingerprint density at radius 1 is 1.24 bits per heavy atom. The molecule has 6 nitrogen and oxygen atoms in total. The lowest BCUT2D eigenvalue weighted by atomic mass is 10.2. The zero-order chi connectivity index (χ0) is 21.2. The second-order valence-corrected chi connectivity index (χ2v) is 6.70. The van der Waals surface area contributed by atoms with Crippen molar-refractivity contribution in [2.24, 2.45) is 0 Å². The fourth-order valence-electron chi connectivity index (χ4n) is 2.65. The fourth-order valence-corrected chi connectivity index (χ4v) is 2.89. The van der Waals surface area contributed by atoms with Crippen LogP contribution in [0.15, 0.2) is 36.7 Å². The normalized spacial score (nSPS) is 11.7. The number of aryl methyl sites for hydroxylation is 1. The van der Waals surface area contributed by atoms with Crippen molar-refractivity contribution in [1.82, 2.24) is 19.6 Å². The largest absolute Gasteiger partial charge is 0.436 e. The lowest BCUT2D eigenvalue weighted by molar-refractivity contribution is -0.141. The second kappa shape index (κ2) is 8.24. The Hall–Kier alpha value is -2.88. The number of aromatic nitrogens is 4. The average molecular weight is 430 g/mol. The van der Waals surface area contributed by atoms with E-state index < -0.39 is 22.8 Å². The molecule has 0 saturated carbocycles. The van der Waals surface area contributed by atoms with E-state index in [1.165, 1.54) is 25.3 Å². The van der Waals surface area contributed by atoms with Gasteiger partial charge in [-0.1, -0.05) is 23.7 Å². The van der Waals surface area contributed by atoms with Gasteiger partial charge in [0.05, 0.1) is 35.7 Å². The SMILES string of the molecule is Cc1c(Cl)c(C(F)(F)F)nn1CCC(=O)Nc1cnn(Cc2ccc(F)cc2)c1. The topological polar surface area (TPSA) is 64.7 Å². The summed E-state index contributed by atoms with van der Waals surface area (Å²) in [5.41, 5.74) is 0.236. The van der Waals surface area contributed by atoms with E-state index in [-0.39, 0.29) is 24.5 Å². The van der Waals surface area contributed by atoms with Crippen LogP contribution in [-0.2, 0) is 24.1 Å². The molecule has 2 aromatic heterocycles. The molecule has 11 heteroatoms. The number of carbonyl (C=O) groups excluding carboxylic acids is 1. The highest BCUT2D eigenvalue weighted by atomic mass is 35.5. The molecule has 0 fully saturated rings. The Labute approximate surface area is 168 Å². The molecule has 1 N–H and O–H groups in total. The molecule has 29 heavy (non-hydrogen) atoms. The van der Waals surface area contributed by atoms with E-state index in [9.17, 15) is 22.4 Å². The van der Waals surface area contributed by atoms with Gasteiger partial charge in [-0.05, 0) is 24.6 Å². The molecular formula is C18H16ClF4N5O. The number of anilines is 1. The lowest BCUT2D eigenvalue weighted by Gasteiger charge is -2.05. The summed E-state index contributed by atoms with van der Waals surface area (Å²) in [6.07, 6.45) is -1.72. The zero-order valence-corrected chi connectivity index (χ0v) is 15.9. The van der Waals surface area contributed by atoms with Gasteiger partial charge in [0.2, 0.25) is 5.91 Å². The molecule has 1 amide bonds. The summed E-state index contributed by atoms with van der Waals surface area (Å²) >= 11 is 5.69. The van der Waals surface area contributed by atoms with E-state index >= 15 is 0 Å². The van der Waals surface area contributed by atoms with Crippen molar-refractivity contribution in [3.8, 4) is 0 Å². The van der Waals surface area contributed by atoms with Crippen molar-refractivity contribution < 1.29 is 22.4 Å². The molecule has 0 saturated heterocycles. The Kier molecular flexibility index (Phi) is 5.92. The fraction of sp³-hybridized carbons (Fsp3) is 0.278. The van der Waals surface area contributed by atoms with Gasteiger partial charge in [0.15, 0.2) is 5.69 Å². The predicted octanol–water partition coefficient (Wildman–Crippen LogP) is 4.28. The van der Waals surface area contributed by atoms with Crippen LogP contribution in [-0.4, -0.2) is 25.5 Å². The van der Waals surface area contributed by atoms with E-state index in [2.05, 4.69) is 15.5 Å². The van der Waals surface area contributed by atoms with Gasteiger partial charge in [-0.2, -0.15) is 23.4 Å². The van der Waals surface area contributed by atoms with Crippen LogP contribution in [0.5, 0.6) is 0 Å². The quantitative estimate of drug-likeness (QED) is 0.595. The molecule has 0 spiro atoms. The molecule has 154 valence electrons. The third-order valence-corrected chi connectivity index (χ3v) is 4.58. The Morgan fingerprint density at radius 3 is 2.55 bits per heavy atom. The number of nitrogens with one attached hydrogen (secondary N) is 1. The van der Waals surface area contributed by atoms with E-state index in [1.807, 2.05) is 0 Å². The van der Waals surface area contributed by atoms with Crippen LogP contribution in [0.25, 0.3) is 0 Å². The van der Waals surface area contributed by atoms with Gasteiger partial charge in [-0.25, -0.2) is 4.39 Å². The highest BCUT2D eigenvalue weighted by molar-refractivity contribution is 6.31. The molecule has 0 unspecified atom stereocenters. The first-order chi connectivity index (χ1) is 13.6. The van der Waals surface area contributed by atoms with Crippen molar-refractivity contribution in [2.75, 3.05) is 5.32 Å². The number of benzene rings is 1. The lowest BCUT2D eigenvalue weighted by Crippen LogP contribution is -2.16. The zero-order valence-electron chi connectivity index (χ0n) is 15.2. The summed E-state index contributed by atoms with van der Waals surface area (Å²) in [6, 6.07) is 5.94. The van der Waals surface area contributed by atoms with Gasteiger partial charge < -0.3 is 5.32 Å². The first-order valence-electron chi connectivity index (χ1n) is 8.50. The van der Waals surface area contributed by atoms with Gasteiger partial charge in [-0.3, -0.25) is 14.2 Å². The summed E-state index contributed by atoms with van der Waals surface area (Å²) in [7, 11) is 0. The molecule has 0 aliphatic heterocycles. The summed E-state index contributed by atoms with van der Waals surface area (Å²) in [6.45, 7) is 1.74. The predicted molar refractivity (Wildman–Crippen MR) is 98.0 cm³/mol. The summed E-state index contributed by atoms with van der Waals surface area (Å²) < 4.78 is 54.1. The van der Waals surface area contributed by atoms with Crippen molar-refractivity contribution in [2.45, 2.75) is 32.6 Å². The molecule has 3 rings (SSSR count). The minimum absolute atomic E-state index is 0.0583. The third-order valence-electron chi connectivity index (χ3n) is 4.13.